The van der Waals surface area contributed by atoms with E-state index in [4.69, 9.17) is 0 Å². The average Bonchev–Trinajstić information content (AvgIpc) is 3.13. The van der Waals surface area contributed by atoms with Gasteiger partial charge in [-0.2, -0.15) is 0 Å². The Kier molecular flexibility index (Phi) is 5.07. The van der Waals surface area contributed by atoms with E-state index in [2.05, 4.69) is 33.9 Å². The number of nitrogens with zero attached hydrogens (tertiary/aromatic N) is 2. The Bertz CT molecular complexity index is 1150. The summed E-state index contributed by atoms with van der Waals surface area (Å²) in [6.45, 7) is 2.66. The van der Waals surface area contributed by atoms with Crippen molar-refractivity contribution in [1.29, 1.82) is 0 Å². The van der Waals surface area contributed by atoms with Gasteiger partial charge in [0.1, 0.15) is 16.5 Å². The average molecular weight is 393 g/mol. The maximum atomic E-state index is 13.2. The summed E-state index contributed by atoms with van der Waals surface area (Å²) in [6, 6.07) is 16.6. The Morgan fingerprint density at radius 1 is 1.14 bits per heavy atom. The lowest BCUT2D eigenvalue weighted by molar-refractivity contribution is 0.247. The number of hydrogen-bond donors (Lipinski definition) is 1. The SMILES string of the molecule is CC(c1ccccc1)N(C)Cc1nc2scc(-c3ccc(F)cc3)c2c(=O)[nH]1. The molecule has 6 heteroatoms. The normalized spacial score (nSPS) is 12.6. The van der Waals surface area contributed by atoms with Crippen molar-refractivity contribution in [2.24, 2.45) is 0 Å². The maximum Gasteiger partial charge on any atom is 0.260 e. The molecule has 0 fully saturated rings. The van der Waals surface area contributed by atoms with Gasteiger partial charge in [0.15, 0.2) is 0 Å². The zero-order valence-electron chi connectivity index (χ0n) is 15.6. The number of nitrogens with one attached hydrogen (secondary N) is 1. The molecule has 2 heterocycles. The summed E-state index contributed by atoms with van der Waals surface area (Å²) in [5.74, 6) is 0.337. The molecule has 2 aromatic heterocycles. The van der Waals surface area contributed by atoms with Gasteiger partial charge in [-0.3, -0.25) is 9.69 Å². The molecule has 0 aliphatic rings. The van der Waals surface area contributed by atoms with Gasteiger partial charge < -0.3 is 4.98 Å². The fraction of sp³-hybridized carbons (Fsp3) is 0.182. The summed E-state index contributed by atoms with van der Waals surface area (Å²) in [4.78, 5) is 23.2. The van der Waals surface area contributed by atoms with Gasteiger partial charge in [-0.25, -0.2) is 9.37 Å². The monoisotopic (exact) mass is 393 g/mol. The molecular formula is C22H20FN3OS. The molecule has 1 atom stereocenters. The molecule has 0 saturated carbocycles. The summed E-state index contributed by atoms with van der Waals surface area (Å²) in [5.41, 5.74) is 2.64. The van der Waals surface area contributed by atoms with Crippen LogP contribution in [0.3, 0.4) is 0 Å². The van der Waals surface area contributed by atoms with Gasteiger partial charge in [-0.05, 0) is 37.2 Å². The van der Waals surface area contributed by atoms with E-state index in [0.717, 1.165) is 11.1 Å². The minimum Gasteiger partial charge on any atom is -0.309 e. The van der Waals surface area contributed by atoms with Crippen LogP contribution in [0.2, 0.25) is 0 Å². The number of rotatable bonds is 5. The van der Waals surface area contributed by atoms with Gasteiger partial charge >= 0.3 is 0 Å². The molecule has 4 aromatic rings. The highest BCUT2D eigenvalue weighted by molar-refractivity contribution is 7.17. The Labute approximate surface area is 166 Å². The molecule has 0 saturated heterocycles. The lowest BCUT2D eigenvalue weighted by Crippen LogP contribution is -2.24. The van der Waals surface area contributed by atoms with Crippen LogP contribution in [0.5, 0.6) is 0 Å². The Balaban J connectivity index is 1.63. The third-order valence-corrected chi connectivity index (χ3v) is 5.86. The van der Waals surface area contributed by atoms with E-state index in [1.165, 1.54) is 29.0 Å². The molecule has 0 spiro atoms. The lowest BCUT2D eigenvalue weighted by Gasteiger charge is -2.24. The van der Waals surface area contributed by atoms with Gasteiger partial charge in [0.25, 0.3) is 5.56 Å². The quantitative estimate of drug-likeness (QED) is 0.520. The number of benzene rings is 2. The first-order chi connectivity index (χ1) is 13.5. The molecule has 1 N–H and O–H groups in total. The van der Waals surface area contributed by atoms with Gasteiger partial charge in [0.2, 0.25) is 0 Å². The van der Waals surface area contributed by atoms with Crippen LogP contribution in [0.4, 0.5) is 4.39 Å². The molecule has 2 aromatic carbocycles. The molecule has 4 nitrogen and oxygen atoms in total. The zero-order valence-corrected chi connectivity index (χ0v) is 16.5. The van der Waals surface area contributed by atoms with Gasteiger partial charge in [0.05, 0.1) is 11.9 Å². The number of aromatic nitrogens is 2. The van der Waals surface area contributed by atoms with Crippen LogP contribution in [0, 0.1) is 5.82 Å². The first-order valence-corrected chi connectivity index (χ1v) is 9.92. The van der Waals surface area contributed by atoms with Crippen molar-refractivity contribution >= 4 is 21.6 Å². The predicted molar refractivity (Wildman–Crippen MR) is 112 cm³/mol. The second kappa shape index (κ2) is 7.66. The minimum absolute atomic E-state index is 0.165. The largest absolute Gasteiger partial charge is 0.309 e. The molecule has 28 heavy (non-hydrogen) atoms. The molecule has 4 rings (SSSR count). The second-order valence-corrected chi connectivity index (χ2v) is 7.71. The van der Waals surface area contributed by atoms with Crippen molar-refractivity contribution in [3.05, 3.63) is 87.5 Å². The summed E-state index contributed by atoms with van der Waals surface area (Å²) >= 11 is 1.43. The Morgan fingerprint density at radius 2 is 1.86 bits per heavy atom. The van der Waals surface area contributed by atoms with E-state index < -0.39 is 0 Å². The summed E-state index contributed by atoms with van der Waals surface area (Å²) in [5, 5.41) is 2.46. The van der Waals surface area contributed by atoms with Crippen LogP contribution in [0.15, 0.2) is 64.8 Å². The maximum absolute atomic E-state index is 13.2. The molecule has 0 aliphatic heterocycles. The van der Waals surface area contributed by atoms with Crippen LogP contribution in [-0.4, -0.2) is 21.9 Å². The van der Waals surface area contributed by atoms with E-state index >= 15 is 0 Å². The molecule has 0 amide bonds. The van der Waals surface area contributed by atoms with Crippen LogP contribution in [0.1, 0.15) is 24.4 Å². The minimum atomic E-state index is -0.298. The summed E-state index contributed by atoms with van der Waals surface area (Å²) in [6.07, 6.45) is 0. The van der Waals surface area contributed by atoms with E-state index in [0.29, 0.717) is 22.6 Å². The second-order valence-electron chi connectivity index (χ2n) is 6.85. The third-order valence-electron chi connectivity index (χ3n) is 4.99. The molecule has 0 aliphatic carbocycles. The number of fused-ring (bicyclic) bond motifs is 1. The molecule has 0 radical (unpaired) electrons. The predicted octanol–water partition coefficient (Wildman–Crippen LogP) is 4.98. The zero-order chi connectivity index (χ0) is 19.7. The van der Waals surface area contributed by atoms with Crippen molar-refractivity contribution in [1.82, 2.24) is 14.9 Å². The topological polar surface area (TPSA) is 49.0 Å². The van der Waals surface area contributed by atoms with Crippen LogP contribution >= 0.6 is 11.3 Å². The first kappa shape index (κ1) is 18.5. The standard InChI is InChI=1S/C22H20FN3OS/c1-14(15-6-4-3-5-7-15)26(2)12-19-24-21(27)20-18(13-28-22(20)25-19)16-8-10-17(23)11-9-16/h3-11,13-14H,12H2,1-2H3,(H,24,25,27). The summed E-state index contributed by atoms with van der Waals surface area (Å²) < 4.78 is 13.2. The van der Waals surface area contributed by atoms with Gasteiger partial charge in [0, 0.05) is 17.0 Å². The Morgan fingerprint density at radius 3 is 2.57 bits per heavy atom. The molecule has 0 bridgehead atoms. The number of H-pyrrole nitrogens is 1. The molecular weight excluding hydrogens is 373 g/mol. The van der Waals surface area contributed by atoms with Crippen LogP contribution in [0.25, 0.3) is 21.3 Å². The summed E-state index contributed by atoms with van der Waals surface area (Å²) in [7, 11) is 2.01. The van der Waals surface area contributed by atoms with Gasteiger partial charge in [-0.15, -0.1) is 11.3 Å². The van der Waals surface area contributed by atoms with Crippen molar-refractivity contribution in [3.63, 3.8) is 0 Å². The van der Waals surface area contributed by atoms with Crippen LogP contribution in [-0.2, 0) is 6.54 Å². The lowest BCUT2D eigenvalue weighted by atomic mass is 10.1. The number of hydrogen-bond acceptors (Lipinski definition) is 4. The first-order valence-electron chi connectivity index (χ1n) is 9.04. The van der Waals surface area contributed by atoms with Crippen molar-refractivity contribution in [2.75, 3.05) is 7.05 Å². The number of aromatic amines is 1. The Hall–Kier alpha value is -2.83. The van der Waals surface area contributed by atoms with E-state index in [1.807, 2.05) is 30.6 Å². The van der Waals surface area contributed by atoms with E-state index in [9.17, 15) is 9.18 Å². The van der Waals surface area contributed by atoms with Crippen molar-refractivity contribution < 1.29 is 4.39 Å². The number of thiophene rings is 1. The van der Waals surface area contributed by atoms with Gasteiger partial charge in [-0.1, -0.05) is 42.5 Å². The fourth-order valence-corrected chi connectivity index (χ4v) is 4.24. The van der Waals surface area contributed by atoms with Crippen LogP contribution < -0.4 is 5.56 Å². The third kappa shape index (κ3) is 3.61. The highest BCUT2D eigenvalue weighted by Gasteiger charge is 2.16. The number of halogens is 1. The molecule has 142 valence electrons. The van der Waals surface area contributed by atoms with E-state index in [-0.39, 0.29) is 17.4 Å². The van der Waals surface area contributed by atoms with Crippen molar-refractivity contribution in [2.45, 2.75) is 19.5 Å². The van der Waals surface area contributed by atoms with Crippen molar-refractivity contribution in [3.8, 4) is 11.1 Å². The molecule has 1 unspecified atom stereocenters. The highest BCUT2D eigenvalue weighted by atomic mass is 32.1. The van der Waals surface area contributed by atoms with E-state index in [1.54, 1.807) is 12.1 Å². The smallest absolute Gasteiger partial charge is 0.260 e. The highest BCUT2D eigenvalue weighted by Crippen LogP contribution is 2.31. The fourth-order valence-electron chi connectivity index (χ4n) is 3.27.